The second-order valence-electron chi connectivity index (χ2n) is 3.72. The summed E-state index contributed by atoms with van der Waals surface area (Å²) in [6, 6.07) is 0. The van der Waals surface area contributed by atoms with Gasteiger partial charge in [0.15, 0.2) is 0 Å². The Balaban J connectivity index is 3.83. The molecule has 4 heteroatoms. The number of amides is 1. The Morgan fingerprint density at radius 3 is 2.46 bits per heavy atom. The maximum absolute atomic E-state index is 11.0. The highest BCUT2D eigenvalue weighted by atomic mass is 16.6. The van der Waals surface area contributed by atoms with Crippen LogP contribution >= 0.6 is 0 Å². The van der Waals surface area contributed by atoms with Gasteiger partial charge >= 0.3 is 6.09 Å². The maximum Gasteiger partial charge on any atom is 0.428 e. The lowest BCUT2D eigenvalue weighted by Crippen LogP contribution is -2.29. The molecule has 0 fully saturated rings. The molecule has 0 heterocycles. The number of nitrogens with one attached hydrogen (secondary N) is 1. The second kappa shape index (κ2) is 4.64. The van der Waals surface area contributed by atoms with Gasteiger partial charge in [0.05, 0.1) is 0 Å². The van der Waals surface area contributed by atoms with Gasteiger partial charge in [0.1, 0.15) is 5.60 Å². The number of hydrogen-bond acceptors (Lipinski definition) is 3. The van der Waals surface area contributed by atoms with Crippen LogP contribution in [0.3, 0.4) is 0 Å². The minimum absolute atomic E-state index is 0.497. The zero-order chi connectivity index (χ0) is 10.5. The molecule has 0 unspecified atom stereocenters. The summed E-state index contributed by atoms with van der Waals surface area (Å²) in [5, 5.41) is 3.61. The molecule has 0 aliphatic carbocycles. The van der Waals surface area contributed by atoms with Crippen LogP contribution < -0.4 is 5.43 Å². The van der Waals surface area contributed by atoms with E-state index in [0.29, 0.717) is 0 Å². The van der Waals surface area contributed by atoms with Crippen LogP contribution in [0.4, 0.5) is 4.79 Å². The zero-order valence-electron chi connectivity index (χ0n) is 8.55. The summed E-state index contributed by atoms with van der Waals surface area (Å²) >= 11 is 0. The van der Waals surface area contributed by atoms with Gasteiger partial charge < -0.3 is 4.74 Å². The third kappa shape index (κ3) is 8.59. The van der Waals surface area contributed by atoms with Crippen LogP contribution in [0.2, 0.25) is 0 Å². The van der Waals surface area contributed by atoms with Gasteiger partial charge in [-0.15, -0.1) is 0 Å². The number of carbonyl (C=O) groups excluding carboxylic acids is 1. The highest BCUT2D eigenvalue weighted by Crippen LogP contribution is 2.05. The van der Waals surface area contributed by atoms with E-state index >= 15 is 0 Å². The van der Waals surface area contributed by atoms with Crippen LogP contribution in [0.1, 0.15) is 27.7 Å². The van der Waals surface area contributed by atoms with Crippen molar-refractivity contribution in [1.82, 2.24) is 5.43 Å². The summed E-state index contributed by atoms with van der Waals surface area (Å²) in [6.45, 7) is 10.7. The fraction of sp³-hybridized carbons (Fsp3) is 0.556. The molecule has 1 N–H and O–H groups in total. The van der Waals surface area contributed by atoms with Crippen molar-refractivity contribution < 1.29 is 9.53 Å². The van der Waals surface area contributed by atoms with Crippen molar-refractivity contribution in [3.63, 3.8) is 0 Å². The van der Waals surface area contributed by atoms with Crippen molar-refractivity contribution in [2.24, 2.45) is 5.10 Å². The molecule has 0 atom stereocenters. The fourth-order valence-corrected chi connectivity index (χ4v) is 0.496. The number of hydrazone groups is 1. The Hall–Kier alpha value is -1.32. The van der Waals surface area contributed by atoms with E-state index in [-0.39, 0.29) is 0 Å². The van der Waals surface area contributed by atoms with Crippen molar-refractivity contribution in [2.45, 2.75) is 33.3 Å². The first-order chi connectivity index (χ1) is 5.81. The molecule has 0 aromatic rings. The van der Waals surface area contributed by atoms with Gasteiger partial charge in [-0.2, -0.15) is 5.10 Å². The van der Waals surface area contributed by atoms with Crippen molar-refractivity contribution in [3.8, 4) is 0 Å². The van der Waals surface area contributed by atoms with Crippen molar-refractivity contribution in [2.75, 3.05) is 0 Å². The normalized spacial score (nSPS) is 11.4. The highest BCUT2D eigenvalue weighted by molar-refractivity contribution is 5.78. The summed E-state index contributed by atoms with van der Waals surface area (Å²) in [6.07, 6.45) is 0.884. The smallest absolute Gasteiger partial charge is 0.428 e. The van der Waals surface area contributed by atoms with Crippen LogP contribution in [0.5, 0.6) is 0 Å². The first-order valence-corrected chi connectivity index (χ1v) is 3.99. The van der Waals surface area contributed by atoms with Crippen molar-refractivity contribution >= 4 is 12.3 Å². The Bertz CT molecular complexity index is 226. The number of ether oxygens (including phenoxy) is 1. The van der Waals surface area contributed by atoms with Crippen LogP contribution in [-0.4, -0.2) is 17.9 Å². The molecule has 0 rings (SSSR count). The molecule has 0 aromatic heterocycles. The van der Waals surface area contributed by atoms with E-state index in [1.807, 2.05) is 0 Å². The molecule has 0 aliphatic heterocycles. The van der Waals surface area contributed by atoms with E-state index in [2.05, 4.69) is 17.1 Å². The first kappa shape index (κ1) is 11.7. The number of carbonyl (C=O) groups is 1. The summed E-state index contributed by atoms with van der Waals surface area (Å²) < 4.78 is 4.93. The monoisotopic (exact) mass is 184 g/mol. The van der Waals surface area contributed by atoms with Crippen LogP contribution in [0, 0.1) is 0 Å². The molecule has 13 heavy (non-hydrogen) atoms. The molecule has 74 valence electrons. The lowest BCUT2D eigenvalue weighted by Gasteiger charge is -2.18. The fourth-order valence-electron chi connectivity index (χ4n) is 0.496. The van der Waals surface area contributed by atoms with Gasteiger partial charge in [0.25, 0.3) is 0 Å². The third-order valence-electron chi connectivity index (χ3n) is 0.840. The SMILES string of the molecule is C=C(C)/C=N\NC(=O)OC(C)(C)C. The predicted octanol–water partition coefficient (Wildman–Crippen LogP) is 2.07. The summed E-state index contributed by atoms with van der Waals surface area (Å²) in [5.41, 5.74) is 2.48. The lowest BCUT2D eigenvalue weighted by molar-refractivity contribution is 0.0529. The average molecular weight is 184 g/mol. The number of nitrogens with zero attached hydrogens (tertiary/aromatic N) is 1. The standard InChI is InChI=1S/C9H16N2O2/c1-7(2)6-10-11-8(12)13-9(3,4)5/h6H,1H2,2-5H3,(H,11,12)/b10-6-. The molecule has 0 saturated heterocycles. The van der Waals surface area contributed by atoms with Gasteiger partial charge in [-0.05, 0) is 33.3 Å². The molecular formula is C9H16N2O2. The van der Waals surface area contributed by atoms with E-state index in [1.165, 1.54) is 6.21 Å². The zero-order valence-corrected chi connectivity index (χ0v) is 8.55. The average Bonchev–Trinajstić information content (AvgIpc) is 1.81. The van der Waals surface area contributed by atoms with E-state index in [9.17, 15) is 4.79 Å². The Morgan fingerprint density at radius 2 is 2.08 bits per heavy atom. The summed E-state index contributed by atoms with van der Waals surface area (Å²) in [4.78, 5) is 11.0. The Morgan fingerprint density at radius 1 is 1.54 bits per heavy atom. The topological polar surface area (TPSA) is 50.7 Å². The van der Waals surface area contributed by atoms with Crippen LogP contribution in [0.25, 0.3) is 0 Å². The molecule has 0 aliphatic rings. The molecule has 1 amide bonds. The van der Waals surface area contributed by atoms with Gasteiger partial charge in [-0.25, -0.2) is 10.2 Å². The molecule has 0 saturated carbocycles. The highest BCUT2D eigenvalue weighted by Gasteiger charge is 2.15. The van der Waals surface area contributed by atoms with Crippen molar-refractivity contribution in [1.29, 1.82) is 0 Å². The Kier molecular flexibility index (Phi) is 4.17. The van der Waals surface area contributed by atoms with Crippen LogP contribution in [0.15, 0.2) is 17.3 Å². The van der Waals surface area contributed by atoms with E-state index < -0.39 is 11.7 Å². The minimum atomic E-state index is -0.565. The minimum Gasteiger partial charge on any atom is -0.443 e. The molecule has 0 bridgehead atoms. The van der Waals surface area contributed by atoms with Crippen LogP contribution in [-0.2, 0) is 4.74 Å². The first-order valence-electron chi connectivity index (χ1n) is 3.99. The second-order valence-corrected chi connectivity index (χ2v) is 3.72. The van der Waals surface area contributed by atoms with Gasteiger partial charge in [0.2, 0.25) is 0 Å². The summed E-state index contributed by atoms with van der Waals surface area (Å²) in [5.74, 6) is 0. The lowest BCUT2D eigenvalue weighted by atomic mass is 10.2. The molecular weight excluding hydrogens is 168 g/mol. The maximum atomic E-state index is 11.0. The third-order valence-corrected chi connectivity index (χ3v) is 0.840. The van der Waals surface area contributed by atoms with Crippen molar-refractivity contribution in [3.05, 3.63) is 12.2 Å². The van der Waals surface area contributed by atoms with E-state index in [0.717, 1.165) is 5.57 Å². The number of hydrogen-bond donors (Lipinski definition) is 1. The largest absolute Gasteiger partial charge is 0.443 e. The van der Waals surface area contributed by atoms with Gasteiger partial charge in [-0.3, -0.25) is 0 Å². The molecule has 0 radical (unpaired) electrons. The predicted molar refractivity (Wildman–Crippen MR) is 52.7 cm³/mol. The molecule has 0 aromatic carbocycles. The van der Waals surface area contributed by atoms with E-state index in [1.54, 1.807) is 27.7 Å². The number of allylic oxidation sites excluding steroid dienone is 1. The summed E-state index contributed by atoms with van der Waals surface area (Å²) in [7, 11) is 0. The van der Waals surface area contributed by atoms with Gasteiger partial charge in [0, 0.05) is 6.21 Å². The number of rotatable bonds is 2. The van der Waals surface area contributed by atoms with Gasteiger partial charge in [-0.1, -0.05) is 6.58 Å². The quantitative estimate of drug-likeness (QED) is 0.527. The molecule has 0 spiro atoms. The Labute approximate surface area is 78.7 Å². The van der Waals surface area contributed by atoms with E-state index in [4.69, 9.17) is 4.74 Å². The molecule has 4 nitrogen and oxygen atoms in total.